The molecule has 0 saturated carbocycles. The van der Waals surface area contributed by atoms with Gasteiger partial charge in [0, 0.05) is 12.1 Å². The fourth-order valence-electron chi connectivity index (χ4n) is 2.19. The second-order valence-corrected chi connectivity index (χ2v) is 4.39. The molecular formula is C10H18BF3N-. The average Bonchev–Trinajstić information content (AvgIpc) is 2.46. The first kappa shape index (κ1) is 12.6. The van der Waals surface area contributed by atoms with E-state index in [4.69, 9.17) is 0 Å². The van der Waals surface area contributed by atoms with Crippen LogP contribution in [0, 0.1) is 0 Å². The van der Waals surface area contributed by atoms with Crippen LogP contribution in [-0.4, -0.2) is 30.5 Å². The van der Waals surface area contributed by atoms with Crippen molar-refractivity contribution in [3.63, 3.8) is 0 Å². The Labute approximate surface area is 89.4 Å². The van der Waals surface area contributed by atoms with Crippen molar-refractivity contribution in [3.05, 3.63) is 12.1 Å². The van der Waals surface area contributed by atoms with Gasteiger partial charge in [0.25, 0.3) is 0 Å². The third-order valence-corrected chi connectivity index (χ3v) is 3.27. The van der Waals surface area contributed by atoms with E-state index >= 15 is 0 Å². The molecule has 0 bridgehead atoms. The fraction of sp³-hybridized carbons (Fsp3) is 0.800. The molecule has 0 amide bonds. The van der Waals surface area contributed by atoms with Crippen LogP contribution in [0.3, 0.4) is 0 Å². The molecule has 0 radical (unpaired) electrons. The van der Waals surface area contributed by atoms with Crippen molar-refractivity contribution in [2.45, 2.75) is 45.2 Å². The predicted molar refractivity (Wildman–Crippen MR) is 57.7 cm³/mol. The lowest BCUT2D eigenvalue weighted by molar-refractivity contribution is 0.216. The Hall–Kier alpha value is -0.445. The third-order valence-electron chi connectivity index (χ3n) is 3.27. The van der Waals surface area contributed by atoms with Crippen LogP contribution in [-0.2, 0) is 0 Å². The Bertz CT molecular complexity index is 239. The summed E-state index contributed by atoms with van der Waals surface area (Å²) in [6.45, 7) is 2.29. The minimum Gasteiger partial charge on any atom is -0.445 e. The molecule has 88 valence electrons. The first-order valence-corrected chi connectivity index (χ1v) is 5.49. The Morgan fingerprint density at radius 2 is 2.00 bits per heavy atom. The molecule has 1 nitrogen and oxygen atoms in total. The summed E-state index contributed by atoms with van der Waals surface area (Å²) in [7, 11) is 0. The van der Waals surface area contributed by atoms with E-state index in [9.17, 15) is 12.9 Å². The van der Waals surface area contributed by atoms with E-state index in [1.807, 2.05) is 18.7 Å². The Kier molecular flexibility index (Phi) is 3.87. The van der Waals surface area contributed by atoms with E-state index in [0.717, 1.165) is 19.3 Å². The molecule has 1 saturated heterocycles. The molecule has 1 heterocycles. The van der Waals surface area contributed by atoms with Crippen LogP contribution in [0.4, 0.5) is 12.9 Å². The predicted octanol–water partition coefficient (Wildman–Crippen LogP) is 3.19. The van der Waals surface area contributed by atoms with Crippen LogP contribution in [0.2, 0.25) is 0 Å². The Morgan fingerprint density at radius 3 is 2.47 bits per heavy atom. The van der Waals surface area contributed by atoms with Gasteiger partial charge in [-0.2, -0.15) is 0 Å². The molecule has 1 aliphatic rings. The molecule has 0 N–H and O–H groups in total. The maximum absolute atomic E-state index is 12.4. The van der Waals surface area contributed by atoms with E-state index in [1.54, 1.807) is 0 Å². The minimum atomic E-state index is -4.87. The Morgan fingerprint density at radius 1 is 1.40 bits per heavy atom. The van der Waals surface area contributed by atoms with E-state index in [0.29, 0.717) is 6.04 Å². The van der Waals surface area contributed by atoms with Crippen molar-refractivity contribution < 1.29 is 12.9 Å². The molecule has 1 aliphatic heterocycles. The van der Waals surface area contributed by atoms with Gasteiger partial charge >= 0.3 is 6.98 Å². The van der Waals surface area contributed by atoms with Crippen molar-refractivity contribution in [2.75, 3.05) is 6.54 Å². The van der Waals surface area contributed by atoms with Crippen LogP contribution < -0.4 is 0 Å². The summed E-state index contributed by atoms with van der Waals surface area (Å²) in [5.41, 5.74) is -0.567. The molecule has 5 heteroatoms. The average molecular weight is 220 g/mol. The molecule has 0 aromatic rings. The second kappa shape index (κ2) is 4.60. The molecule has 1 fully saturated rings. The van der Waals surface area contributed by atoms with Gasteiger partial charge in [0.05, 0.1) is 0 Å². The summed E-state index contributed by atoms with van der Waals surface area (Å²) in [6, 6.07) is 0.555. The van der Waals surface area contributed by atoms with Gasteiger partial charge in [-0.15, -0.1) is 12.1 Å². The monoisotopic (exact) mass is 220 g/mol. The van der Waals surface area contributed by atoms with Gasteiger partial charge < -0.3 is 12.9 Å². The van der Waals surface area contributed by atoms with E-state index in [-0.39, 0.29) is 12.6 Å². The molecule has 0 spiro atoms. The summed E-state index contributed by atoms with van der Waals surface area (Å²) in [6.07, 6.45) is 2.93. The third kappa shape index (κ3) is 3.00. The number of rotatable bonds is 4. The first-order valence-electron chi connectivity index (χ1n) is 5.49. The molecule has 0 aliphatic carbocycles. The van der Waals surface area contributed by atoms with Gasteiger partial charge in [-0.3, -0.25) is 4.90 Å². The minimum absolute atomic E-state index is 0.0107. The van der Waals surface area contributed by atoms with E-state index < -0.39 is 12.4 Å². The number of hydrogen-bond donors (Lipinski definition) is 0. The zero-order valence-electron chi connectivity index (χ0n) is 9.35. The van der Waals surface area contributed by atoms with Crippen molar-refractivity contribution in [1.82, 2.24) is 4.90 Å². The van der Waals surface area contributed by atoms with Crippen molar-refractivity contribution in [2.24, 2.45) is 0 Å². The van der Waals surface area contributed by atoms with Crippen LogP contribution in [0.15, 0.2) is 12.1 Å². The first-order chi connectivity index (χ1) is 6.86. The number of likely N-dealkylation sites (tertiary alicyclic amines) is 1. The molecular weight excluding hydrogens is 202 g/mol. The largest absolute Gasteiger partial charge is 0.506 e. The van der Waals surface area contributed by atoms with Crippen LogP contribution in [0.5, 0.6) is 0 Å². The number of hydrogen-bond acceptors (Lipinski definition) is 1. The van der Waals surface area contributed by atoms with Gasteiger partial charge in [0.15, 0.2) is 0 Å². The van der Waals surface area contributed by atoms with Crippen molar-refractivity contribution >= 4 is 6.98 Å². The molecule has 2 unspecified atom stereocenters. The maximum Gasteiger partial charge on any atom is 0.506 e. The highest BCUT2D eigenvalue weighted by Crippen LogP contribution is 2.29. The lowest BCUT2D eigenvalue weighted by Crippen LogP contribution is -2.39. The summed E-state index contributed by atoms with van der Waals surface area (Å²) in [5, 5.41) is 0. The fourth-order valence-corrected chi connectivity index (χ4v) is 2.19. The van der Waals surface area contributed by atoms with Gasteiger partial charge in [0.2, 0.25) is 0 Å². The van der Waals surface area contributed by atoms with Crippen LogP contribution >= 0.6 is 0 Å². The lowest BCUT2D eigenvalue weighted by Gasteiger charge is -2.31. The lowest BCUT2D eigenvalue weighted by atomic mass is 9.80. The van der Waals surface area contributed by atoms with Crippen LogP contribution in [0.25, 0.3) is 0 Å². The van der Waals surface area contributed by atoms with Crippen molar-refractivity contribution in [1.29, 1.82) is 0 Å². The van der Waals surface area contributed by atoms with E-state index in [2.05, 4.69) is 6.58 Å². The molecule has 0 aromatic heterocycles. The SMILES string of the molecule is C=C(CN1C(C)CCC1CC)[B-](F)(F)F. The molecule has 1 rings (SSSR count). The molecule has 0 aromatic carbocycles. The topological polar surface area (TPSA) is 3.24 Å². The van der Waals surface area contributed by atoms with Gasteiger partial charge in [-0.05, 0) is 32.7 Å². The quantitative estimate of drug-likeness (QED) is 0.657. The zero-order valence-corrected chi connectivity index (χ0v) is 9.35. The smallest absolute Gasteiger partial charge is 0.445 e. The number of halogens is 3. The van der Waals surface area contributed by atoms with Gasteiger partial charge in [-0.25, -0.2) is 0 Å². The normalized spacial score (nSPS) is 28.3. The van der Waals surface area contributed by atoms with Gasteiger partial charge in [-0.1, -0.05) is 6.92 Å². The summed E-state index contributed by atoms with van der Waals surface area (Å²) < 4.78 is 37.2. The highest BCUT2D eigenvalue weighted by molar-refractivity contribution is 6.66. The van der Waals surface area contributed by atoms with Crippen LogP contribution in [0.1, 0.15) is 33.1 Å². The summed E-state index contributed by atoms with van der Waals surface area (Å²) >= 11 is 0. The highest BCUT2D eigenvalue weighted by Gasteiger charge is 2.33. The molecule has 2 atom stereocenters. The van der Waals surface area contributed by atoms with Gasteiger partial charge in [0.1, 0.15) is 0 Å². The zero-order chi connectivity index (χ0) is 11.6. The highest BCUT2D eigenvalue weighted by atomic mass is 19.4. The molecule has 15 heavy (non-hydrogen) atoms. The maximum atomic E-state index is 12.4. The van der Waals surface area contributed by atoms with Crippen molar-refractivity contribution in [3.8, 4) is 0 Å². The van der Waals surface area contributed by atoms with E-state index in [1.165, 1.54) is 0 Å². The summed E-state index contributed by atoms with van der Waals surface area (Å²) in [5.74, 6) is 0. The second-order valence-electron chi connectivity index (χ2n) is 4.39. The standard InChI is InChI=1S/C10H18BF3N/c1-4-10-6-5-9(3)15(10)7-8(2)11(12,13)14/h9-10H,2,4-7H2,1,3H3/q-1. The number of nitrogens with zero attached hydrogens (tertiary/aromatic N) is 1. The summed E-state index contributed by atoms with van der Waals surface area (Å²) in [4.78, 5) is 1.94. The Balaban J connectivity index is 2.60.